The second kappa shape index (κ2) is 3.08. The Kier molecular flexibility index (Phi) is 2.05. The second-order valence-electron chi connectivity index (χ2n) is 2.88. The molecule has 13 heavy (non-hydrogen) atoms. The quantitative estimate of drug-likeness (QED) is 0.605. The van der Waals surface area contributed by atoms with Crippen LogP contribution in [-0.2, 0) is 13.1 Å². The lowest BCUT2D eigenvalue weighted by atomic mass is 10.1. The SMILES string of the molecule is O=[N+]([O-])c1ccc(Br)c2c1CNC2. The van der Waals surface area contributed by atoms with E-state index in [9.17, 15) is 10.1 Å². The number of nitrogens with one attached hydrogen (secondary N) is 1. The first kappa shape index (κ1) is 8.65. The number of benzene rings is 1. The van der Waals surface area contributed by atoms with E-state index in [1.807, 2.05) is 0 Å². The van der Waals surface area contributed by atoms with Crippen molar-refractivity contribution in [1.29, 1.82) is 0 Å². The van der Waals surface area contributed by atoms with E-state index in [0.29, 0.717) is 13.1 Å². The molecule has 1 heterocycles. The van der Waals surface area contributed by atoms with Gasteiger partial charge in [0.05, 0.1) is 4.92 Å². The highest BCUT2D eigenvalue weighted by Gasteiger charge is 2.23. The van der Waals surface area contributed by atoms with Crippen LogP contribution in [-0.4, -0.2) is 4.92 Å². The van der Waals surface area contributed by atoms with Crippen molar-refractivity contribution in [3.05, 3.63) is 37.8 Å². The van der Waals surface area contributed by atoms with E-state index in [1.54, 1.807) is 6.07 Å². The Morgan fingerprint density at radius 3 is 2.77 bits per heavy atom. The summed E-state index contributed by atoms with van der Waals surface area (Å²) in [6.45, 7) is 1.29. The van der Waals surface area contributed by atoms with Crippen LogP contribution in [0.5, 0.6) is 0 Å². The highest BCUT2D eigenvalue weighted by Crippen LogP contribution is 2.31. The van der Waals surface area contributed by atoms with Gasteiger partial charge in [0, 0.05) is 29.2 Å². The van der Waals surface area contributed by atoms with E-state index in [0.717, 1.165) is 15.6 Å². The van der Waals surface area contributed by atoms with Crippen LogP contribution in [0.1, 0.15) is 11.1 Å². The molecule has 0 aliphatic carbocycles. The normalized spacial score (nSPS) is 14.2. The fourth-order valence-corrected chi connectivity index (χ4v) is 2.04. The van der Waals surface area contributed by atoms with E-state index in [4.69, 9.17) is 0 Å². The molecule has 0 spiro atoms. The van der Waals surface area contributed by atoms with Crippen LogP contribution in [0.25, 0.3) is 0 Å². The summed E-state index contributed by atoms with van der Waals surface area (Å²) < 4.78 is 0.943. The standard InChI is InChI=1S/C8H7BrN2O2/c9-7-1-2-8(11(12)13)6-4-10-3-5(6)7/h1-2,10H,3-4H2. The molecule has 0 radical (unpaired) electrons. The van der Waals surface area contributed by atoms with Gasteiger partial charge in [-0.3, -0.25) is 10.1 Å². The molecule has 5 heteroatoms. The van der Waals surface area contributed by atoms with Gasteiger partial charge in [0.15, 0.2) is 0 Å². The fourth-order valence-electron chi connectivity index (χ4n) is 1.52. The topological polar surface area (TPSA) is 55.2 Å². The van der Waals surface area contributed by atoms with Crippen molar-refractivity contribution in [3.63, 3.8) is 0 Å². The maximum Gasteiger partial charge on any atom is 0.274 e. The van der Waals surface area contributed by atoms with Crippen molar-refractivity contribution < 1.29 is 4.92 Å². The predicted octanol–water partition coefficient (Wildman–Crippen LogP) is 1.96. The smallest absolute Gasteiger partial charge is 0.274 e. The zero-order valence-corrected chi connectivity index (χ0v) is 8.30. The summed E-state index contributed by atoms with van der Waals surface area (Å²) in [4.78, 5) is 10.3. The average Bonchev–Trinajstić information content (AvgIpc) is 2.53. The third-order valence-electron chi connectivity index (χ3n) is 2.15. The first-order chi connectivity index (χ1) is 6.20. The second-order valence-corrected chi connectivity index (χ2v) is 3.74. The molecule has 0 bridgehead atoms. The van der Waals surface area contributed by atoms with Crippen molar-refractivity contribution in [2.24, 2.45) is 0 Å². The van der Waals surface area contributed by atoms with Gasteiger partial charge in [-0.25, -0.2) is 0 Å². The van der Waals surface area contributed by atoms with Crippen LogP contribution < -0.4 is 5.32 Å². The number of halogens is 1. The molecule has 68 valence electrons. The van der Waals surface area contributed by atoms with Gasteiger partial charge in [-0.1, -0.05) is 15.9 Å². The van der Waals surface area contributed by atoms with Crippen LogP contribution in [0.15, 0.2) is 16.6 Å². The highest BCUT2D eigenvalue weighted by molar-refractivity contribution is 9.10. The number of nitro benzene ring substituents is 1. The van der Waals surface area contributed by atoms with Crippen LogP contribution >= 0.6 is 15.9 Å². The maximum atomic E-state index is 10.6. The van der Waals surface area contributed by atoms with Gasteiger partial charge in [0.2, 0.25) is 0 Å². The van der Waals surface area contributed by atoms with Crippen LogP contribution in [0, 0.1) is 10.1 Å². The number of nitrogens with zero attached hydrogens (tertiary/aromatic N) is 1. The Morgan fingerprint density at radius 1 is 1.38 bits per heavy atom. The molecular formula is C8H7BrN2O2. The largest absolute Gasteiger partial charge is 0.308 e. The summed E-state index contributed by atoms with van der Waals surface area (Å²) >= 11 is 3.37. The lowest BCUT2D eigenvalue weighted by Crippen LogP contribution is -2.01. The minimum Gasteiger partial charge on any atom is -0.308 e. The zero-order valence-electron chi connectivity index (χ0n) is 6.71. The molecule has 1 aliphatic rings. The number of hydrogen-bond acceptors (Lipinski definition) is 3. The van der Waals surface area contributed by atoms with E-state index in [1.165, 1.54) is 6.07 Å². The minimum absolute atomic E-state index is 0.211. The van der Waals surface area contributed by atoms with Crippen LogP contribution in [0.3, 0.4) is 0 Å². The van der Waals surface area contributed by atoms with E-state index >= 15 is 0 Å². The molecule has 0 aromatic heterocycles. The van der Waals surface area contributed by atoms with Gasteiger partial charge in [-0.05, 0) is 11.6 Å². The summed E-state index contributed by atoms with van der Waals surface area (Å²) in [5, 5.41) is 13.7. The summed E-state index contributed by atoms with van der Waals surface area (Å²) in [6.07, 6.45) is 0. The molecule has 1 aromatic carbocycles. The lowest BCUT2D eigenvalue weighted by molar-refractivity contribution is -0.385. The monoisotopic (exact) mass is 242 g/mol. The van der Waals surface area contributed by atoms with Crippen LogP contribution in [0.4, 0.5) is 5.69 Å². The minimum atomic E-state index is -0.335. The predicted molar refractivity (Wildman–Crippen MR) is 51.3 cm³/mol. The van der Waals surface area contributed by atoms with E-state index in [-0.39, 0.29) is 10.6 Å². The first-order valence-electron chi connectivity index (χ1n) is 3.85. The van der Waals surface area contributed by atoms with Crippen LogP contribution in [0.2, 0.25) is 0 Å². The number of fused-ring (bicyclic) bond motifs is 1. The number of hydrogen-bond donors (Lipinski definition) is 1. The van der Waals surface area contributed by atoms with E-state index < -0.39 is 0 Å². The molecule has 2 rings (SSSR count). The average molecular weight is 243 g/mol. The summed E-state index contributed by atoms with van der Waals surface area (Å²) in [6, 6.07) is 3.26. The van der Waals surface area contributed by atoms with Gasteiger partial charge in [0.1, 0.15) is 0 Å². The number of nitro groups is 1. The molecule has 0 fully saturated rings. The summed E-state index contributed by atoms with van der Waals surface area (Å²) in [5.41, 5.74) is 2.02. The molecule has 1 aromatic rings. The molecule has 1 aliphatic heterocycles. The molecule has 1 N–H and O–H groups in total. The third kappa shape index (κ3) is 1.34. The number of rotatable bonds is 1. The van der Waals surface area contributed by atoms with Crippen molar-refractivity contribution >= 4 is 21.6 Å². The molecule has 0 amide bonds. The zero-order chi connectivity index (χ0) is 9.42. The van der Waals surface area contributed by atoms with Crippen molar-refractivity contribution in [2.45, 2.75) is 13.1 Å². The fraction of sp³-hybridized carbons (Fsp3) is 0.250. The Balaban J connectivity index is 2.62. The van der Waals surface area contributed by atoms with Crippen molar-refractivity contribution in [1.82, 2.24) is 5.32 Å². The van der Waals surface area contributed by atoms with Crippen molar-refractivity contribution in [2.75, 3.05) is 0 Å². The third-order valence-corrected chi connectivity index (χ3v) is 2.89. The molecule has 0 atom stereocenters. The van der Waals surface area contributed by atoms with Gasteiger partial charge in [0.25, 0.3) is 5.69 Å². The van der Waals surface area contributed by atoms with Gasteiger partial charge >= 0.3 is 0 Å². The lowest BCUT2D eigenvalue weighted by Gasteiger charge is -2.01. The van der Waals surface area contributed by atoms with Gasteiger partial charge < -0.3 is 5.32 Å². The maximum absolute atomic E-state index is 10.6. The Hall–Kier alpha value is -0.940. The van der Waals surface area contributed by atoms with E-state index in [2.05, 4.69) is 21.2 Å². The Morgan fingerprint density at radius 2 is 2.08 bits per heavy atom. The summed E-state index contributed by atoms with van der Waals surface area (Å²) in [7, 11) is 0. The molecule has 0 unspecified atom stereocenters. The molecule has 4 nitrogen and oxygen atoms in total. The molecule has 0 saturated carbocycles. The Bertz CT molecular complexity index is 379. The first-order valence-corrected chi connectivity index (χ1v) is 4.65. The van der Waals surface area contributed by atoms with Gasteiger partial charge in [-0.2, -0.15) is 0 Å². The highest BCUT2D eigenvalue weighted by atomic mass is 79.9. The van der Waals surface area contributed by atoms with Gasteiger partial charge in [-0.15, -0.1) is 0 Å². The Labute approximate surface area is 83.2 Å². The van der Waals surface area contributed by atoms with Crippen molar-refractivity contribution in [3.8, 4) is 0 Å². The molecular weight excluding hydrogens is 236 g/mol. The summed E-state index contributed by atoms with van der Waals surface area (Å²) in [5.74, 6) is 0. The molecule has 0 saturated heterocycles.